The van der Waals surface area contributed by atoms with Gasteiger partial charge in [0.1, 0.15) is 5.69 Å². The molecule has 4 aromatic heterocycles. The minimum atomic E-state index is -0.167. The van der Waals surface area contributed by atoms with Crippen LogP contribution in [0.15, 0.2) is 49.1 Å². The maximum absolute atomic E-state index is 13.1. The number of aromatic nitrogens is 6. The molecule has 0 aromatic carbocycles. The van der Waals surface area contributed by atoms with E-state index < -0.39 is 0 Å². The average Bonchev–Trinajstić information content (AvgIpc) is 3.43. The summed E-state index contributed by atoms with van der Waals surface area (Å²) in [5.74, 6) is 0.241. The van der Waals surface area contributed by atoms with Crippen molar-refractivity contribution in [2.24, 2.45) is 7.05 Å². The highest BCUT2D eigenvalue weighted by atomic mass is 16.2. The minimum Gasteiger partial charge on any atom is -0.339 e. The van der Waals surface area contributed by atoms with Crippen LogP contribution in [0.5, 0.6) is 0 Å². The summed E-state index contributed by atoms with van der Waals surface area (Å²) in [5, 5.41) is 8.67. The Hall–Kier alpha value is -3.88. The fraction of sp³-hybridized carbons (Fsp3) is 0.273. The molecule has 5 rings (SSSR count). The molecule has 0 N–H and O–H groups in total. The number of fused-ring (bicyclic) bond motifs is 1. The summed E-state index contributed by atoms with van der Waals surface area (Å²) >= 11 is 0. The zero-order chi connectivity index (χ0) is 21.5. The van der Waals surface area contributed by atoms with E-state index >= 15 is 0 Å². The highest BCUT2D eigenvalue weighted by Crippen LogP contribution is 2.27. The van der Waals surface area contributed by atoms with Gasteiger partial charge in [0, 0.05) is 50.7 Å². The van der Waals surface area contributed by atoms with E-state index in [-0.39, 0.29) is 24.2 Å². The normalized spacial score (nSPS) is 13.5. The molecule has 4 aromatic rings. The summed E-state index contributed by atoms with van der Waals surface area (Å²) in [4.78, 5) is 36.2. The van der Waals surface area contributed by atoms with Crippen LogP contribution in [0.3, 0.4) is 0 Å². The van der Waals surface area contributed by atoms with Gasteiger partial charge < -0.3 is 4.90 Å². The minimum absolute atomic E-state index is 0.130. The van der Waals surface area contributed by atoms with E-state index in [0.717, 1.165) is 24.0 Å². The summed E-state index contributed by atoms with van der Waals surface area (Å²) in [5.41, 5.74) is 2.95. The molecule has 0 radical (unpaired) electrons. The summed E-state index contributed by atoms with van der Waals surface area (Å²) in [6.45, 7) is 0. The summed E-state index contributed by atoms with van der Waals surface area (Å²) in [6.07, 6.45) is 8.81. The van der Waals surface area contributed by atoms with Crippen molar-refractivity contribution in [1.29, 1.82) is 0 Å². The number of ketones is 1. The molecule has 1 saturated carbocycles. The van der Waals surface area contributed by atoms with Gasteiger partial charge in [-0.3, -0.25) is 19.3 Å². The Morgan fingerprint density at radius 2 is 2.03 bits per heavy atom. The number of amides is 1. The quantitative estimate of drug-likeness (QED) is 0.448. The Kier molecular flexibility index (Phi) is 4.58. The Balaban J connectivity index is 1.40. The topological polar surface area (TPSA) is 98.3 Å². The van der Waals surface area contributed by atoms with Crippen molar-refractivity contribution >= 4 is 17.3 Å². The zero-order valence-electron chi connectivity index (χ0n) is 17.3. The van der Waals surface area contributed by atoms with Gasteiger partial charge in [0.05, 0.1) is 11.8 Å². The fourth-order valence-electron chi connectivity index (χ4n) is 3.66. The first kappa shape index (κ1) is 19.1. The highest BCUT2D eigenvalue weighted by Gasteiger charge is 2.33. The van der Waals surface area contributed by atoms with Gasteiger partial charge in [0.15, 0.2) is 17.3 Å². The standard InChI is InChI=1S/C22H21N7O2/c1-27(16-6-7-16)22(31)17-12-24-28(2)20(17)18(30)10-14-5-8-19-25-21(26-29(19)13-14)15-4-3-9-23-11-15/h3-5,8-9,11-13,16H,6-7,10H2,1-2H3. The van der Waals surface area contributed by atoms with E-state index in [1.165, 1.54) is 10.9 Å². The average molecular weight is 415 g/mol. The van der Waals surface area contributed by atoms with Gasteiger partial charge in [0.2, 0.25) is 0 Å². The smallest absolute Gasteiger partial charge is 0.257 e. The lowest BCUT2D eigenvalue weighted by Gasteiger charge is -2.16. The lowest BCUT2D eigenvalue weighted by Crippen LogP contribution is -2.30. The van der Waals surface area contributed by atoms with Gasteiger partial charge in [-0.15, -0.1) is 5.10 Å². The van der Waals surface area contributed by atoms with Crippen LogP contribution in [0.1, 0.15) is 39.3 Å². The van der Waals surface area contributed by atoms with Gasteiger partial charge in [-0.05, 0) is 36.6 Å². The van der Waals surface area contributed by atoms with Crippen LogP contribution < -0.4 is 0 Å². The van der Waals surface area contributed by atoms with Crippen molar-refractivity contribution in [3.05, 3.63) is 65.9 Å². The third-order valence-corrected chi connectivity index (χ3v) is 5.52. The number of carbonyl (C=O) groups is 2. The number of Topliss-reactive ketones (excluding diaryl/α,β-unsaturated/α-hetero) is 1. The van der Waals surface area contributed by atoms with Crippen LogP contribution in [0.2, 0.25) is 0 Å². The highest BCUT2D eigenvalue weighted by molar-refractivity contribution is 6.07. The first-order chi connectivity index (χ1) is 15.0. The van der Waals surface area contributed by atoms with E-state index in [1.807, 2.05) is 24.3 Å². The second-order valence-electron chi connectivity index (χ2n) is 7.79. The van der Waals surface area contributed by atoms with Gasteiger partial charge in [-0.2, -0.15) is 5.10 Å². The first-order valence-electron chi connectivity index (χ1n) is 10.1. The van der Waals surface area contributed by atoms with Crippen LogP contribution >= 0.6 is 0 Å². The molecule has 156 valence electrons. The van der Waals surface area contributed by atoms with Crippen molar-refractivity contribution in [3.63, 3.8) is 0 Å². The summed E-state index contributed by atoms with van der Waals surface area (Å²) in [7, 11) is 3.46. The molecule has 4 heterocycles. The third kappa shape index (κ3) is 3.58. The molecule has 1 amide bonds. The van der Waals surface area contributed by atoms with E-state index in [9.17, 15) is 9.59 Å². The predicted octanol–water partition coefficient (Wildman–Crippen LogP) is 2.18. The van der Waals surface area contributed by atoms with Crippen molar-refractivity contribution in [2.75, 3.05) is 7.05 Å². The van der Waals surface area contributed by atoms with Gasteiger partial charge in [0.25, 0.3) is 5.91 Å². The number of aryl methyl sites for hydroxylation is 1. The summed E-state index contributed by atoms with van der Waals surface area (Å²) in [6, 6.07) is 7.67. The maximum atomic E-state index is 13.1. The Morgan fingerprint density at radius 1 is 1.19 bits per heavy atom. The van der Waals surface area contributed by atoms with Crippen LogP contribution in [-0.2, 0) is 13.5 Å². The maximum Gasteiger partial charge on any atom is 0.257 e. The molecule has 9 nitrogen and oxygen atoms in total. The molecular formula is C22H21N7O2. The van der Waals surface area contributed by atoms with E-state index in [4.69, 9.17) is 0 Å². The number of rotatable bonds is 6. The first-order valence-corrected chi connectivity index (χ1v) is 10.1. The molecule has 0 saturated heterocycles. The van der Waals surface area contributed by atoms with Crippen LogP contribution in [-0.4, -0.2) is 59.0 Å². The zero-order valence-corrected chi connectivity index (χ0v) is 17.3. The van der Waals surface area contributed by atoms with E-state index in [2.05, 4.69) is 20.2 Å². The molecule has 9 heteroatoms. The molecule has 1 aliphatic carbocycles. The molecule has 0 spiro atoms. The second kappa shape index (κ2) is 7.42. The van der Waals surface area contributed by atoms with Crippen LogP contribution in [0, 0.1) is 0 Å². The van der Waals surface area contributed by atoms with E-state index in [0.29, 0.717) is 22.7 Å². The van der Waals surface area contributed by atoms with Crippen molar-refractivity contribution in [3.8, 4) is 11.4 Å². The number of carbonyl (C=O) groups excluding carboxylic acids is 2. The molecule has 0 atom stereocenters. The Morgan fingerprint density at radius 3 is 2.77 bits per heavy atom. The Bertz CT molecular complexity index is 1290. The Labute approximate surface area is 178 Å². The van der Waals surface area contributed by atoms with Crippen molar-refractivity contribution in [2.45, 2.75) is 25.3 Å². The molecule has 0 unspecified atom stereocenters. The van der Waals surface area contributed by atoms with Crippen molar-refractivity contribution < 1.29 is 9.59 Å². The lowest BCUT2D eigenvalue weighted by molar-refractivity contribution is 0.0778. The monoisotopic (exact) mass is 415 g/mol. The molecule has 1 aliphatic rings. The number of hydrogen-bond acceptors (Lipinski definition) is 6. The lowest BCUT2D eigenvalue weighted by atomic mass is 10.1. The van der Waals surface area contributed by atoms with Crippen LogP contribution in [0.4, 0.5) is 0 Å². The molecular weight excluding hydrogens is 394 g/mol. The van der Waals surface area contributed by atoms with Gasteiger partial charge in [-0.1, -0.05) is 6.07 Å². The molecule has 0 aliphatic heterocycles. The third-order valence-electron chi connectivity index (χ3n) is 5.52. The van der Waals surface area contributed by atoms with Gasteiger partial charge in [-0.25, -0.2) is 9.50 Å². The predicted molar refractivity (Wildman–Crippen MR) is 113 cm³/mol. The fourth-order valence-corrected chi connectivity index (χ4v) is 3.66. The van der Waals surface area contributed by atoms with Gasteiger partial charge >= 0.3 is 0 Å². The number of nitrogens with zero attached hydrogens (tertiary/aromatic N) is 7. The van der Waals surface area contributed by atoms with Crippen LogP contribution in [0.25, 0.3) is 17.0 Å². The summed E-state index contributed by atoms with van der Waals surface area (Å²) < 4.78 is 3.13. The SMILES string of the molecule is CN(C(=O)c1cnn(C)c1C(=O)Cc1ccc2nc(-c3cccnc3)nn2c1)C1CC1. The molecule has 0 bridgehead atoms. The number of pyridine rings is 2. The van der Waals surface area contributed by atoms with Crippen molar-refractivity contribution in [1.82, 2.24) is 34.3 Å². The molecule has 31 heavy (non-hydrogen) atoms. The molecule has 1 fully saturated rings. The largest absolute Gasteiger partial charge is 0.339 e. The second-order valence-corrected chi connectivity index (χ2v) is 7.79. The van der Waals surface area contributed by atoms with E-state index in [1.54, 1.807) is 42.1 Å². The number of hydrogen-bond donors (Lipinski definition) is 0.